The largest absolute Gasteiger partial charge is 0.493 e. The van der Waals surface area contributed by atoms with Crippen LogP contribution in [0.1, 0.15) is 24.2 Å². The first-order chi connectivity index (χ1) is 15.4. The summed E-state index contributed by atoms with van der Waals surface area (Å²) in [4.78, 5) is 32.8. The van der Waals surface area contributed by atoms with E-state index in [1.165, 1.54) is 28.4 Å². The van der Waals surface area contributed by atoms with Crippen LogP contribution in [0.4, 0.5) is 10.8 Å². The number of fused-ring (bicyclic) bond motifs is 1. The summed E-state index contributed by atoms with van der Waals surface area (Å²) in [5.41, 5.74) is 0.465. The number of para-hydroxylation sites is 1. The van der Waals surface area contributed by atoms with Gasteiger partial charge < -0.3 is 14.4 Å². The Labute approximate surface area is 190 Å². The summed E-state index contributed by atoms with van der Waals surface area (Å²) < 4.78 is 11.6. The van der Waals surface area contributed by atoms with Crippen molar-refractivity contribution in [1.29, 1.82) is 0 Å². The van der Waals surface area contributed by atoms with Gasteiger partial charge in [0.2, 0.25) is 0 Å². The van der Waals surface area contributed by atoms with Crippen LogP contribution in [0.2, 0.25) is 0 Å². The third-order valence-corrected chi connectivity index (χ3v) is 6.27. The van der Waals surface area contributed by atoms with Gasteiger partial charge in [0.05, 0.1) is 29.4 Å². The monoisotopic (exact) mass is 458 g/mol. The number of hydrogen-bond acceptors (Lipinski definition) is 8. The van der Waals surface area contributed by atoms with E-state index in [1.54, 1.807) is 32.4 Å². The van der Waals surface area contributed by atoms with Crippen LogP contribution in [-0.2, 0) is 0 Å². The molecule has 0 saturated carbocycles. The molecule has 0 unspecified atom stereocenters. The molecule has 32 heavy (non-hydrogen) atoms. The van der Waals surface area contributed by atoms with Gasteiger partial charge in [0, 0.05) is 31.3 Å². The van der Waals surface area contributed by atoms with E-state index in [-0.39, 0.29) is 11.3 Å². The number of carbonyl (C=O) groups is 1. The number of thiazole rings is 1. The van der Waals surface area contributed by atoms with Crippen LogP contribution >= 0.6 is 11.3 Å². The van der Waals surface area contributed by atoms with Gasteiger partial charge in [0.25, 0.3) is 11.6 Å². The number of amides is 1. The molecule has 3 rings (SSSR count). The fraction of sp³-hybridized carbons (Fsp3) is 0.364. The fourth-order valence-electron chi connectivity index (χ4n) is 3.38. The lowest BCUT2D eigenvalue weighted by Gasteiger charge is -2.24. The smallest absolute Gasteiger partial charge is 0.282 e. The number of anilines is 1. The minimum absolute atomic E-state index is 0.0338. The zero-order valence-electron chi connectivity index (χ0n) is 18.5. The number of hydrogen-bond donors (Lipinski definition) is 0. The Kier molecular flexibility index (Phi) is 7.60. The highest BCUT2D eigenvalue weighted by Gasteiger charge is 2.28. The predicted molar refractivity (Wildman–Crippen MR) is 125 cm³/mol. The van der Waals surface area contributed by atoms with Crippen molar-refractivity contribution in [3.05, 3.63) is 52.1 Å². The van der Waals surface area contributed by atoms with E-state index in [0.717, 1.165) is 17.8 Å². The molecule has 0 radical (unpaired) electrons. The molecular weight excluding hydrogens is 432 g/mol. The lowest BCUT2D eigenvalue weighted by Crippen LogP contribution is -2.39. The van der Waals surface area contributed by atoms with Gasteiger partial charge in [-0.1, -0.05) is 37.3 Å². The molecule has 0 spiro atoms. The van der Waals surface area contributed by atoms with Crippen molar-refractivity contribution in [3.63, 3.8) is 0 Å². The highest BCUT2D eigenvalue weighted by Crippen LogP contribution is 2.38. The first-order valence-corrected chi connectivity index (χ1v) is 11.0. The van der Waals surface area contributed by atoms with Gasteiger partial charge in [-0.05, 0) is 19.2 Å². The average Bonchev–Trinajstić information content (AvgIpc) is 3.22. The molecule has 0 aliphatic heterocycles. The number of benzene rings is 2. The van der Waals surface area contributed by atoms with Crippen molar-refractivity contribution in [2.45, 2.75) is 13.8 Å². The maximum atomic E-state index is 13.5. The van der Waals surface area contributed by atoms with Crippen LogP contribution in [0.25, 0.3) is 10.2 Å². The Morgan fingerprint density at radius 1 is 1.09 bits per heavy atom. The van der Waals surface area contributed by atoms with Gasteiger partial charge in [0.15, 0.2) is 16.6 Å². The second-order valence-electron chi connectivity index (χ2n) is 6.93. The molecule has 10 heteroatoms. The Hall–Kier alpha value is -3.24. The molecule has 1 heterocycles. The van der Waals surface area contributed by atoms with Crippen LogP contribution in [-0.4, -0.2) is 61.1 Å². The summed E-state index contributed by atoms with van der Waals surface area (Å²) in [5.74, 6) is 0.647. The Balaban J connectivity index is 2.06. The zero-order chi connectivity index (χ0) is 23.3. The zero-order valence-corrected chi connectivity index (χ0v) is 19.3. The van der Waals surface area contributed by atoms with Gasteiger partial charge in [-0.2, -0.15) is 0 Å². The van der Waals surface area contributed by atoms with E-state index in [0.29, 0.717) is 35.2 Å². The molecule has 2 aromatic carbocycles. The molecule has 1 aromatic heterocycles. The molecule has 0 atom stereocenters. The van der Waals surface area contributed by atoms with Crippen molar-refractivity contribution < 1.29 is 19.2 Å². The molecule has 170 valence electrons. The van der Waals surface area contributed by atoms with Crippen molar-refractivity contribution >= 4 is 38.3 Å². The molecule has 3 aromatic rings. The number of carbonyl (C=O) groups excluding carboxylic acids is 1. The average molecular weight is 459 g/mol. The third kappa shape index (κ3) is 4.81. The standard InChI is InChI=1S/C22H26N4O5S/c1-5-24(6-2)11-12-25(21(27)15-9-7-8-10-17(15)26(28)29)22-23-16-13-18(30-3)19(31-4)14-20(16)32-22/h7-10,13-14H,5-6,11-12H2,1-4H3. The van der Waals surface area contributed by atoms with Gasteiger partial charge >= 0.3 is 0 Å². The molecular formula is C22H26N4O5S. The van der Waals surface area contributed by atoms with Crippen molar-refractivity contribution in [3.8, 4) is 11.5 Å². The minimum atomic E-state index is -0.538. The van der Waals surface area contributed by atoms with E-state index in [2.05, 4.69) is 9.88 Å². The second kappa shape index (κ2) is 10.4. The lowest BCUT2D eigenvalue weighted by molar-refractivity contribution is -0.385. The quantitative estimate of drug-likeness (QED) is 0.331. The van der Waals surface area contributed by atoms with Crippen LogP contribution in [0.3, 0.4) is 0 Å². The van der Waals surface area contributed by atoms with Crippen LogP contribution in [0.15, 0.2) is 36.4 Å². The fourth-order valence-corrected chi connectivity index (χ4v) is 4.38. The van der Waals surface area contributed by atoms with E-state index in [1.807, 2.05) is 19.9 Å². The van der Waals surface area contributed by atoms with Crippen molar-refractivity contribution in [2.75, 3.05) is 45.3 Å². The van der Waals surface area contributed by atoms with E-state index >= 15 is 0 Å². The molecule has 0 N–H and O–H groups in total. The van der Waals surface area contributed by atoms with Gasteiger partial charge in [-0.25, -0.2) is 4.98 Å². The van der Waals surface area contributed by atoms with E-state index in [4.69, 9.17) is 9.47 Å². The van der Waals surface area contributed by atoms with Crippen LogP contribution in [0.5, 0.6) is 11.5 Å². The number of aromatic nitrogens is 1. The van der Waals surface area contributed by atoms with Gasteiger partial charge in [-0.3, -0.25) is 19.8 Å². The second-order valence-corrected chi connectivity index (χ2v) is 7.94. The number of ether oxygens (including phenoxy) is 2. The molecule has 0 aliphatic carbocycles. The normalized spacial score (nSPS) is 11.0. The maximum Gasteiger partial charge on any atom is 0.282 e. The third-order valence-electron chi connectivity index (χ3n) is 5.22. The van der Waals surface area contributed by atoms with Crippen molar-refractivity contribution in [1.82, 2.24) is 9.88 Å². The maximum absolute atomic E-state index is 13.5. The van der Waals surface area contributed by atoms with E-state index < -0.39 is 10.8 Å². The van der Waals surface area contributed by atoms with Gasteiger partial charge in [0.1, 0.15) is 5.56 Å². The molecule has 1 amide bonds. The van der Waals surface area contributed by atoms with E-state index in [9.17, 15) is 14.9 Å². The summed E-state index contributed by atoms with van der Waals surface area (Å²) in [5, 5.41) is 12.0. The SMILES string of the molecule is CCN(CC)CCN(C(=O)c1ccccc1[N+](=O)[O-])c1nc2cc(OC)c(OC)cc2s1. The summed E-state index contributed by atoms with van der Waals surface area (Å²) in [6.07, 6.45) is 0. The first-order valence-electron chi connectivity index (χ1n) is 10.2. The summed E-state index contributed by atoms with van der Waals surface area (Å²) in [7, 11) is 3.10. The number of rotatable bonds is 10. The minimum Gasteiger partial charge on any atom is -0.493 e. The summed E-state index contributed by atoms with van der Waals surface area (Å²) in [6, 6.07) is 9.55. The topological polar surface area (TPSA) is 98.0 Å². The number of methoxy groups -OCH3 is 2. The summed E-state index contributed by atoms with van der Waals surface area (Å²) >= 11 is 1.33. The Morgan fingerprint density at radius 2 is 1.75 bits per heavy atom. The predicted octanol–water partition coefficient (Wildman–Crippen LogP) is 4.21. The molecule has 0 fully saturated rings. The Bertz CT molecular complexity index is 1070. The summed E-state index contributed by atoms with van der Waals surface area (Å²) in [6.45, 7) is 6.72. The van der Waals surface area contributed by atoms with Crippen LogP contribution in [0, 0.1) is 10.1 Å². The van der Waals surface area contributed by atoms with Gasteiger partial charge in [-0.15, -0.1) is 0 Å². The highest BCUT2D eigenvalue weighted by molar-refractivity contribution is 7.22. The molecule has 0 saturated heterocycles. The Morgan fingerprint density at radius 3 is 2.38 bits per heavy atom. The lowest BCUT2D eigenvalue weighted by atomic mass is 10.1. The number of nitrogens with zero attached hydrogens (tertiary/aromatic N) is 4. The first kappa shape index (κ1) is 23.4. The number of likely N-dealkylation sites (N-methyl/N-ethyl adjacent to an activating group) is 1. The molecule has 0 bridgehead atoms. The number of nitro benzene ring substituents is 1. The van der Waals surface area contributed by atoms with Crippen LogP contribution < -0.4 is 14.4 Å². The molecule has 0 aliphatic rings. The van der Waals surface area contributed by atoms with Crippen molar-refractivity contribution in [2.24, 2.45) is 0 Å². The number of nitro groups is 1. The highest BCUT2D eigenvalue weighted by atomic mass is 32.1. The molecule has 9 nitrogen and oxygen atoms in total.